The molecule has 56 valence electrons. The van der Waals surface area contributed by atoms with Crippen LogP contribution in [0.25, 0.3) is 11.0 Å². The van der Waals surface area contributed by atoms with Gasteiger partial charge in [-0.15, -0.1) is 12.6 Å². The molecule has 0 aliphatic heterocycles. The second-order valence-corrected chi connectivity index (χ2v) is 2.67. The molecule has 0 saturated heterocycles. The second-order valence-electron chi connectivity index (χ2n) is 2.19. The number of thiol groups is 1. The molecule has 0 amide bonds. The van der Waals surface area contributed by atoms with Crippen LogP contribution in [0.5, 0.6) is 0 Å². The van der Waals surface area contributed by atoms with E-state index in [9.17, 15) is 0 Å². The normalized spacial score (nSPS) is 10.6. The number of hydrogen-bond donors (Lipinski definition) is 3. The zero-order valence-electron chi connectivity index (χ0n) is 5.57. The van der Waals surface area contributed by atoms with E-state index in [1.165, 1.54) is 0 Å². The minimum absolute atomic E-state index is 0.569. The van der Waals surface area contributed by atoms with Crippen LogP contribution >= 0.6 is 12.6 Å². The summed E-state index contributed by atoms with van der Waals surface area (Å²) in [6, 6.07) is 3.61. The van der Waals surface area contributed by atoms with Crippen LogP contribution in [0.2, 0.25) is 0 Å². The molecule has 0 bridgehead atoms. The van der Waals surface area contributed by atoms with E-state index in [2.05, 4.69) is 28.0 Å². The molecule has 5 heteroatoms. The summed E-state index contributed by atoms with van der Waals surface area (Å²) < 4.78 is 0. The molecule has 1 aromatic heterocycles. The largest absolute Gasteiger partial charge is 0.396 e. The van der Waals surface area contributed by atoms with Crippen molar-refractivity contribution in [1.29, 1.82) is 0 Å². The topological polar surface area (TPSA) is 67.6 Å². The first-order chi connectivity index (χ1) is 5.29. The van der Waals surface area contributed by atoms with E-state index in [0.29, 0.717) is 11.2 Å². The lowest BCUT2D eigenvalue weighted by Crippen LogP contribution is -1.88. The van der Waals surface area contributed by atoms with E-state index >= 15 is 0 Å². The Balaban J connectivity index is 2.93. The number of benzene rings is 1. The third-order valence-corrected chi connectivity index (χ3v) is 1.89. The number of aromatic nitrogens is 3. The molecule has 0 spiro atoms. The second kappa shape index (κ2) is 2.13. The quantitative estimate of drug-likeness (QED) is 0.401. The molecule has 0 unspecified atom stereocenters. The van der Waals surface area contributed by atoms with Gasteiger partial charge in [-0.3, -0.25) is 0 Å². The van der Waals surface area contributed by atoms with E-state index in [-0.39, 0.29) is 0 Å². The fraction of sp³-hybridized carbons (Fsp3) is 0. The maximum Gasteiger partial charge on any atom is 0.136 e. The average Bonchev–Trinajstić information content (AvgIpc) is 2.45. The molecule has 0 atom stereocenters. The molecule has 0 fully saturated rings. The monoisotopic (exact) mass is 166 g/mol. The van der Waals surface area contributed by atoms with Crippen molar-refractivity contribution >= 4 is 29.3 Å². The molecule has 11 heavy (non-hydrogen) atoms. The maximum atomic E-state index is 5.66. The summed E-state index contributed by atoms with van der Waals surface area (Å²) in [5.74, 6) is 0. The van der Waals surface area contributed by atoms with E-state index < -0.39 is 0 Å². The third-order valence-electron chi connectivity index (χ3n) is 1.51. The minimum atomic E-state index is 0.569. The van der Waals surface area contributed by atoms with Gasteiger partial charge in [0.15, 0.2) is 0 Å². The zero-order chi connectivity index (χ0) is 7.84. The Morgan fingerprint density at radius 1 is 1.36 bits per heavy atom. The molecule has 1 heterocycles. The van der Waals surface area contributed by atoms with Crippen LogP contribution in [-0.2, 0) is 0 Å². The summed E-state index contributed by atoms with van der Waals surface area (Å²) in [7, 11) is 0. The van der Waals surface area contributed by atoms with Crippen LogP contribution in [0, 0.1) is 0 Å². The van der Waals surface area contributed by atoms with E-state index in [0.717, 1.165) is 10.4 Å². The average molecular weight is 166 g/mol. The van der Waals surface area contributed by atoms with Crippen LogP contribution in [0.4, 0.5) is 5.69 Å². The van der Waals surface area contributed by atoms with Crippen molar-refractivity contribution in [2.24, 2.45) is 0 Å². The Bertz CT molecular complexity index is 394. The fourth-order valence-corrected chi connectivity index (χ4v) is 1.10. The van der Waals surface area contributed by atoms with Crippen LogP contribution in [0.3, 0.4) is 0 Å². The van der Waals surface area contributed by atoms with Crippen molar-refractivity contribution in [3.8, 4) is 0 Å². The minimum Gasteiger partial charge on any atom is -0.396 e. The first kappa shape index (κ1) is 6.48. The van der Waals surface area contributed by atoms with Gasteiger partial charge >= 0.3 is 0 Å². The Morgan fingerprint density at radius 3 is 3.00 bits per heavy atom. The zero-order valence-corrected chi connectivity index (χ0v) is 6.47. The lowest BCUT2D eigenvalue weighted by Gasteiger charge is -1.95. The number of anilines is 1. The SMILES string of the molecule is Nc1c(S)ccc2n[nH]nc12. The molecule has 0 aliphatic carbocycles. The highest BCUT2D eigenvalue weighted by molar-refractivity contribution is 7.80. The number of H-pyrrole nitrogens is 1. The standard InChI is InChI=1S/C6H6N4S/c7-5-4(11)2-1-3-6(5)9-10-8-3/h1-2,11H,7H2,(H,8,9,10). The molecule has 2 aromatic rings. The number of nitrogens with two attached hydrogens (primary N) is 1. The molecular weight excluding hydrogens is 160 g/mol. The summed E-state index contributed by atoms with van der Waals surface area (Å²) in [5, 5.41) is 10.2. The molecule has 0 saturated carbocycles. The van der Waals surface area contributed by atoms with Gasteiger partial charge in [0, 0.05) is 4.90 Å². The summed E-state index contributed by atoms with van der Waals surface area (Å²) in [6.45, 7) is 0. The van der Waals surface area contributed by atoms with Gasteiger partial charge in [0.2, 0.25) is 0 Å². The predicted molar refractivity (Wildman–Crippen MR) is 45.6 cm³/mol. The number of nitrogen functional groups attached to an aromatic ring is 1. The van der Waals surface area contributed by atoms with Gasteiger partial charge in [0.1, 0.15) is 11.0 Å². The van der Waals surface area contributed by atoms with E-state index in [1.54, 1.807) is 6.07 Å². The van der Waals surface area contributed by atoms with Crippen molar-refractivity contribution in [3.63, 3.8) is 0 Å². The lowest BCUT2D eigenvalue weighted by atomic mass is 10.3. The highest BCUT2D eigenvalue weighted by Gasteiger charge is 2.03. The highest BCUT2D eigenvalue weighted by Crippen LogP contribution is 2.23. The Morgan fingerprint density at radius 2 is 2.18 bits per heavy atom. The van der Waals surface area contributed by atoms with Crippen LogP contribution in [0.15, 0.2) is 17.0 Å². The van der Waals surface area contributed by atoms with Crippen LogP contribution in [-0.4, -0.2) is 15.4 Å². The summed E-state index contributed by atoms with van der Waals surface area (Å²) in [4.78, 5) is 0.728. The molecular formula is C6H6N4S. The fourth-order valence-electron chi connectivity index (χ4n) is 0.922. The van der Waals surface area contributed by atoms with E-state index in [4.69, 9.17) is 5.73 Å². The van der Waals surface area contributed by atoms with Crippen LogP contribution < -0.4 is 5.73 Å². The van der Waals surface area contributed by atoms with E-state index in [1.807, 2.05) is 6.07 Å². The van der Waals surface area contributed by atoms with Gasteiger partial charge in [-0.05, 0) is 12.1 Å². The summed E-state index contributed by atoms with van der Waals surface area (Å²) in [5.41, 5.74) is 7.68. The van der Waals surface area contributed by atoms with Gasteiger partial charge in [0.25, 0.3) is 0 Å². The van der Waals surface area contributed by atoms with Crippen molar-refractivity contribution < 1.29 is 0 Å². The summed E-state index contributed by atoms with van der Waals surface area (Å²) in [6.07, 6.45) is 0. The number of nitrogens with one attached hydrogen (secondary N) is 1. The van der Waals surface area contributed by atoms with Crippen molar-refractivity contribution in [3.05, 3.63) is 12.1 Å². The molecule has 2 rings (SSSR count). The van der Waals surface area contributed by atoms with Gasteiger partial charge in [-0.25, -0.2) is 0 Å². The number of nitrogens with zero attached hydrogens (tertiary/aromatic N) is 2. The number of aromatic amines is 1. The highest BCUT2D eigenvalue weighted by atomic mass is 32.1. The molecule has 0 radical (unpaired) electrons. The number of hydrogen-bond acceptors (Lipinski definition) is 4. The molecule has 4 nitrogen and oxygen atoms in total. The predicted octanol–water partition coefficient (Wildman–Crippen LogP) is 0.829. The number of rotatable bonds is 0. The van der Waals surface area contributed by atoms with Crippen molar-refractivity contribution in [1.82, 2.24) is 15.4 Å². The first-order valence-electron chi connectivity index (χ1n) is 3.07. The molecule has 3 N–H and O–H groups in total. The lowest BCUT2D eigenvalue weighted by molar-refractivity contribution is 0.959. The smallest absolute Gasteiger partial charge is 0.136 e. The van der Waals surface area contributed by atoms with Crippen molar-refractivity contribution in [2.45, 2.75) is 4.90 Å². The van der Waals surface area contributed by atoms with Gasteiger partial charge in [0.05, 0.1) is 5.69 Å². The first-order valence-corrected chi connectivity index (χ1v) is 3.51. The van der Waals surface area contributed by atoms with Crippen molar-refractivity contribution in [2.75, 3.05) is 5.73 Å². The molecule has 0 aliphatic rings. The van der Waals surface area contributed by atoms with Gasteiger partial charge in [-0.1, -0.05) is 0 Å². The Labute approximate surface area is 68.2 Å². The number of fused-ring (bicyclic) bond motifs is 1. The Kier molecular flexibility index (Phi) is 1.25. The van der Waals surface area contributed by atoms with Gasteiger partial charge < -0.3 is 5.73 Å². The van der Waals surface area contributed by atoms with Gasteiger partial charge in [-0.2, -0.15) is 15.4 Å². The van der Waals surface area contributed by atoms with Crippen LogP contribution in [0.1, 0.15) is 0 Å². The molecule has 1 aromatic carbocycles. The summed E-state index contributed by atoms with van der Waals surface area (Å²) >= 11 is 4.14. The maximum absolute atomic E-state index is 5.66. The third kappa shape index (κ3) is 0.848. The Hall–Kier alpha value is -1.23.